The van der Waals surface area contributed by atoms with Crippen LogP contribution in [0.4, 0.5) is 0 Å². The third-order valence-corrected chi connectivity index (χ3v) is 3.52. The van der Waals surface area contributed by atoms with Gasteiger partial charge >= 0.3 is 5.97 Å². The molecule has 7 heteroatoms. The van der Waals surface area contributed by atoms with Gasteiger partial charge in [0.1, 0.15) is 13.2 Å². The van der Waals surface area contributed by atoms with Gasteiger partial charge in [-0.25, -0.2) is 4.99 Å². The van der Waals surface area contributed by atoms with Gasteiger partial charge < -0.3 is 19.7 Å². The van der Waals surface area contributed by atoms with Crippen molar-refractivity contribution in [3.63, 3.8) is 0 Å². The molecule has 7 nitrogen and oxygen atoms in total. The van der Waals surface area contributed by atoms with Crippen molar-refractivity contribution in [1.82, 2.24) is 4.90 Å². The van der Waals surface area contributed by atoms with Gasteiger partial charge in [-0.2, -0.15) is 0 Å². The van der Waals surface area contributed by atoms with E-state index in [4.69, 9.17) is 9.47 Å². The van der Waals surface area contributed by atoms with Crippen molar-refractivity contribution in [2.75, 3.05) is 13.3 Å². The fraction of sp³-hybridized carbons (Fsp3) is 0.412. The molecule has 24 heavy (non-hydrogen) atoms. The molecule has 2 N–H and O–H groups in total. The predicted molar refractivity (Wildman–Crippen MR) is 88.0 cm³/mol. The Morgan fingerprint density at radius 3 is 2.71 bits per heavy atom. The van der Waals surface area contributed by atoms with Crippen LogP contribution >= 0.6 is 0 Å². The summed E-state index contributed by atoms with van der Waals surface area (Å²) >= 11 is 0. The van der Waals surface area contributed by atoms with E-state index in [2.05, 4.69) is 4.99 Å². The average Bonchev–Trinajstić information content (AvgIpc) is 2.56. The first-order valence-electron chi connectivity index (χ1n) is 7.68. The van der Waals surface area contributed by atoms with E-state index >= 15 is 0 Å². The molecule has 130 valence electrons. The van der Waals surface area contributed by atoms with Gasteiger partial charge in [0.25, 0.3) is 5.85 Å². The van der Waals surface area contributed by atoms with Gasteiger partial charge in [0, 0.05) is 11.8 Å². The zero-order valence-electron chi connectivity index (χ0n) is 13.8. The van der Waals surface area contributed by atoms with Crippen LogP contribution in [0.1, 0.15) is 25.8 Å². The molecule has 0 spiro atoms. The Morgan fingerprint density at radius 2 is 2.04 bits per heavy atom. The van der Waals surface area contributed by atoms with E-state index in [1.165, 1.54) is 6.21 Å². The maximum Gasteiger partial charge on any atom is 0.312 e. The van der Waals surface area contributed by atoms with E-state index < -0.39 is 18.2 Å². The highest BCUT2D eigenvalue weighted by Gasteiger charge is 2.41. The van der Waals surface area contributed by atoms with Crippen LogP contribution < -0.4 is 0 Å². The lowest BCUT2D eigenvalue weighted by atomic mass is 10.2. The maximum absolute atomic E-state index is 11.7. The molecule has 0 fully saturated rings. The van der Waals surface area contributed by atoms with E-state index in [0.717, 1.165) is 10.5 Å². The number of hydrogen-bond donors (Lipinski definition) is 2. The molecule has 0 radical (unpaired) electrons. The van der Waals surface area contributed by atoms with Crippen molar-refractivity contribution >= 4 is 12.2 Å². The summed E-state index contributed by atoms with van der Waals surface area (Å²) in [4.78, 5) is 16.8. The Kier molecular flexibility index (Phi) is 5.94. The minimum absolute atomic E-state index is 0.134. The zero-order valence-corrected chi connectivity index (χ0v) is 13.8. The molecule has 1 aliphatic heterocycles. The molecule has 0 aliphatic carbocycles. The lowest BCUT2D eigenvalue weighted by Gasteiger charge is -2.38. The second-order valence-electron chi connectivity index (χ2n) is 5.41. The molecular formula is C17H22N2O5. The van der Waals surface area contributed by atoms with E-state index in [-0.39, 0.29) is 19.2 Å². The van der Waals surface area contributed by atoms with E-state index in [9.17, 15) is 15.0 Å². The number of aliphatic hydroxyl groups is 2. The van der Waals surface area contributed by atoms with Crippen LogP contribution in [0.3, 0.4) is 0 Å². The van der Waals surface area contributed by atoms with Gasteiger partial charge in [0.05, 0.1) is 13.2 Å². The largest absolute Gasteiger partial charge is 0.494 e. The fourth-order valence-electron chi connectivity index (χ4n) is 2.25. The summed E-state index contributed by atoms with van der Waals surface area (Å²) in [7, 11) is 0. The Morgan fingerprint density at radius 1 is 1.33 bits per heavy atom. The fourth-order valence-corrected chi connectivity index (χ4v) is 2.25. The Hall–Kier alpha value is -2.38. The van der Waals surface area contributed by atoms with Crippen molar-refractivity contribution in [3.8, 4) is 0 Å². The molecule has 1 heterocycles. The second-order valence-corrected chi connectivity index (χ2v) is 5.41. The first kappa shape index (κ1) is 18.0. The van der Waals surface area contributed by atoms with Gasteiger partial charge in [-0.05, 0) is 19.4 Å². The number of aliphatic hydroxyl groups excluding tert-OH is 1. The number of ether oxygens (including phenoxy) is 2. The minimum Gasteiger partial charge on any atom is -0.494 e. The molecular weight excluding hydrogens is 312 g/mol. The van der Waals surface area contributed by atoms with Crippen LogP contribution in [0, 0.1) is 0 Å². The number of allylic oxidation sites excluding steroid dienone is 1. The minimum atomic E-state index is -1.94. The van der Waals surface area contributed by atoms with Crippen LogP contribution in [0.15, 0.2) is 46.8 Å². The van der Waals surface area contributed by atoms with Crippen molar-refractivity contribution in [3.05, 3.63) is 47.4 Å². The monoisotopic (exact) mass is 334 g/mol. The summed E-state index contributed by atoms with van der Waals surface area (Å²) in [5, 5.41) is 20.9. The number of hydrogen-bond acceptors (Lipinski definition) is 7. The lowest BCUT2D eigenvalue weighted by molar-refractivity contribution is -0.175. The Balaban J connectivity index is 2.06. The van der Waals surface area contributed by atoms with E-state index in [0.29, 0.717) is 12.2 Å². The highest BCUT2D eigenvalue weighted by molar-refractivity contribution is 5.80. The van der Waals surface area contributed by atoms with E-state index in [1.807, 2.05) is 30.3 Å². The molecule has 1 aromatic rings. The van der Waals surface area contributed by atoms with E-state index in [1.54, 1.807) is 13.8 Å². The standard InChI is InChI=1S/C17H22N2O5/c1-3-24-15(20)9-17(22)18-10-13(2)16(21)19(17)12-23-11-14-7-5-4-6-8-14/h4-8,10,21-22H,3,9,11-12H2,1-2H3. The van der Waals surface area contributed by atoms with Gasteiger partial charge in [0.15, 0.2) is 5.88 Å². The highest BCUT2D eigenvalue weighted by Crippen LogP contribution is 2.28. The summed E-state index contributed by atoms with van der Waals surface area (Å²) in [5.74, 6) is -2.74. The zero-order chi connectivity index (χ0) is 17.6. The molecule has 1 atom stereocenters. The molecule has 2 rings (SSSR count). The van der Waals surface area contributed by atoms with Gasteiger partial charge in [-0.3, -0.25) is 9.69 Å². The number of carbonyl (C=O) groups excluding carboxylic acids is 1. The molecule has 1 aromatic carbocycles. The quantitative estimate of drug-likeness (QED) is 0.741. The van der Waals surface area contributed by atoms with Crippen molar-refractivity contribution < 1.29 is 24.5 Å². The number of benzene rings is 1. The van der Waals surface area contributed by atoms with Gasteiger partial charge in [0.2, 0.25) is 0 Å². The number of nitrogens with zero attached hydrogens (tertiary/aromatic N) is 2. The summed E-state index contributed by atoms with van der Waals surface area (Å²) in [5.41, 5.74) is 1.42. The summed E-state index contributed by atoms with van der Waals surface area (Å²) < 4.78 is 10.4. The van der Waals surface area contributed by atoms with Crippen molar-refractivity contribution in [2.45, 2.75) is 32.7 Å². The van der Waals surface area contributed by atoms with Gasteiger partial charge in [-0.1, -0.05) is 30.3 Å². The molecule has 0 amide bonds. The maximum atomic E-state index is 11.7. The third kappa shape index (κ3) is 4.33. The molecule has 0 saturated heterocycles. The SMILES string of the molecule is CCOC(=O)CC1(O)N=CC(C)=C(O)N1COCc1ccccc1. The molecule has 0 saturated carbocycles. The number of aliphatic imine (C=N–C) groups is 1. The normalized spacial score (nSPS) is 20.4. The lowest BCUT2D eigenvalue weighted by Crippen LogP contribution is -2.51. The van der Waals surface area contributed by atoms with Crippen LogP contribution in [0.5, 0.6) is 0 Å². The average molecular weight is 334 g/mol. The topological polar surface area (TPSA) is 91.6 Å². The predicted octanol–water partition coefficient (Wildman–Crippen LogP) is 1.94. The summed E-state index contributed by atoms with van der Waals surface area (Å²) in [6.45, 7) is 3.68. The first-order chi connectivity index (χ1) is 11.5. The van der Waals surface area contributed by atoms with Crippen LogP contribution in [-0.2, 0) is 20.9 Å². The Bertz CT molecular complexity index is 629. The Labute approximate surface area is 140 Å². The van der Waals surface area contributed by atoms with Crippen molar-refractivity contribution in [1.29, 1.82) is 0 Å². The van der Waals surface area contributed by atoms with Crippen LogP contribution in [0.25, 0.3) is 0 Å². The number of carbonyl (C=O) groups is 1. The molecule has 1 aliphatic rings. The second kappa shape index (κ2) is 7.94. The number of rotatable bonds is 7. The van der Waals surface area contributed by atoms with Crippen LogP contribution in [-0.4, -0.2) is 46.5 Å². The van der Waals surface area contributed by atoms with Crippen LogP contribution in [0.2, 0.25) is 0 Å². The molecule has 0 aromatic heterocycles. The van der Waals surface area contributed by atoms with Gasteiger partial charge in [-0.15, -0.1) is 0 Å². The smallest absolute Gasteiger partial charge is 0.312 e. The molecule has 0 bridgehead atoms. The number of esters is 1. The highest BCUT2D eigenvalue weighted by atomic mass is 16.5. The summed E-state index contributed by atoms with van der Waals surface area (Å²) in [6.07, 6.45) is 0.908. The first-order valence-corrected chi connectivity index (χ1v) is 7.68. The summed E-state index contributed by atoms with van der Waals surface area (Å²) in [6, 6.07) is 9.49. The third-order valence-electron chi connectivity index (χ3n) is 3.52. The van der Waals surface area contributed by atoms with Crippen molar-refractivity contribution in [2.24, 2.45) is 4.99 Å². The molecule has 1 unspecified atom stereocenters.